The van der Waals surface area contributed by atoms with Gasteiger partial charge in [-0.15, -0.1) is 0 Å². The van der Waals surface area contributed by atoms with E-state index in [1.165, 1.54) is 17.5 Å². The molecule has 0 bridgehead atoms. The van der Waals surface area contributed by atoms with E-state index in [4.69, 9.17) is 23.2 Å². The number of nitrogens with one attached hydrogen (secondary N) is 1. The first-order chi connectivity index (χ1) is 16.3. The Morgan fingerprint density at radius 2 is 2.00 bits per heavy atom. The zero-order valence-electron chi connectivity index (χ0n) is 19.0. The minimum absolute atomic E-state index is 0.303. The zero-order chi connectivity index (χ0) is 24.4. The monoisotopic (exact) mass is 626 g/mol. The minimum Gasteiger partial charge on any atom is -0.319 e. The van der Waals surface area contributed by atoms with Crippen molar-refractivity contribution in [1.29, 1.82) is 0 Å². The lowest BCUT2D eigenvalue weighted by molar-refractivity contribution is 0.101. The molecule has 1 aliphatic rings. The second-order valence-electron chi connectivity index (χ2n) is 8.82. The third-order valence-electron chi connectivity index (χ3n) is 6.44. The second-order valence-corrected chi connectivity index (χ2v) is 11.4. The van der Waals surface area contributed by atoms with Crippen LogP contribution in [0.15, 0.2) is 45.6 Å². The van der Waals surface area contributed by atoms with Crippen LogP contribution in [-0.4, -0.2) is 20.7 Å². The summed E-state index contributed by atoms with van der Waals surface area (Å²) < 4.78 is 2.85. The number of aromatic nitrogens is 3. The summed E-state index contributed by atoms with van der Waals surface area (Å²) in [7, 11) is 0. The van der Waals surface area contributed by atoms with Gasteiger partial charge in [0.1, 0.15) is 10.3 Å². The van der Waals surface area contributed by atoms with Crippen LogP contribution >= 0.6 is 55.1 Å². The number of pyridine rings is 1. The summed E-state index contributed by atoms with van der Waals surface area (Å²) >= 11 is 20.0. The van der Waals surface area contributed by atoms with Crippen molar-refractivity contribution in [2.24, 2.45) is 11.8 Å². The molecule has 3 aromatic rings. The van der Waals surface area contributed by atoms with Crippen LogP contribution in [0.2, 0.25) is 10.0 Å². The number of carbonyl (C=O) groups excluding carboxylic acids is 1. The smallest absolute Gasteiger partial charge is 0.274 e. The zero-order valence-corrected chi connectivity index (χ0v) is 23.7. The van der Waals surface area contributed by atoms with E-state index in [2.05, 4.69) is 67.2 Å². The van der Waals surface area contributed by atoms with Gasteiger partial charge >= 0.3 is 0 Å². The summed E-state index contributed by atoms with van der Waals surface area (Å²) in [5, 5.41) is 8.37. The molecule has 2 aromatic heterocycles. The molecule has 5 nitrogen and oxygen atoms in total. The topological polar surface area (TPSA) is 59.8 Å². The van der Waals surface area contributed by atoms with Crippen LogP contribution in [0.25, 0.3) is 5.82 Å². The molecule has 1 fully saturated rings. The van der Waals surface area contributed by atoms with Crippen LogP contribution in [0.4, 0.5) is 5.69 Å². The Morgan fingerprint density at radius 3 is 2.68 bits per heavy atom. The number of nitrogens with zero attached hydrogens (tertiary/aromatic N) is 3. The van der Waals surface area contributed by atoms with Gasteiger partial charge in [-0.2, -0.15) is 5.10 Å². The molecule has 1 aromatic carbocycles. The lowest BCUT2D eigenvalue weighted by Crippen LogP contribution is -2.21. The maximum atomic E-state index is 13.5. The fraction of sp³-hybridized carbons (Fsp3) is 0.400. The van der Waals surface area contributed by atoms with Crippen molar-refractivity contribution in [2.75, 3.05) is 5.32 Å². The molecule has 1 amide bonds. The fourth-order valence-electron chi connectivity index (χ4n) is 4.48. The Morgan fingerprint density at radius 1 is 1.24 bits per heavy atom. The van der Waals surface area contributed by atoms with Gasteiger partial charge in [0, 0.05) is 16.7 Å². The van der Waals surface area contributed by atoms with Crippen molar-refractivity contribution in [1.82, 2.24) is 14.8 Å². The normalized spacial score (nSPS) is 15.2. The third kappa shape index (κ3) is 5.69. The molecule has 2 unspecified atom stereocenters. The maximum Gasteiger partial charge on any atom is 0.274 e. The molecule has 1 saturated carbocycles. The van der Waals surface area contributed by atoms with Gasteiger partial charge < -0.3 is 5.32 Å². The molecule has 1 N–H and O–H groups in total. The molecule has 1 aliphatic carbocycles. The summed E-state index contributed by atoms with van der Waals surface area (Å²) in [6, 6.07) is 9.01. The van der Waals surface area contributed by atoms with Crippen molar-refractivity contribution >= 4 is 66.7 Å². The first kappa shape index (κ1) is 25.7. The molecular weight excluding hydrogens is 603 g/mol. The highest BCUT2D eigenvalue weighted by atomic mass is 79.9. The average molecular weight is 629 g/mol. The van der Waals surface area contributed by atoms with Gasteiger partial charge in [0.25, 0.3) is 5.91 Å². The molecular formula is C25H26Br2Cl2N4O. The van der Waals surface area contributed by atoms with E-state index in [9.17, 15) is 4.79 Å². The first-order valence-corrected chi connectivity index (χ1v) is 13.8. The predicted molar refractivity (Wildman–Crippen MR) is 145 cm³/mol. The van der Waals surface area contributed by atoms with Gasteiger partial charge in [0.2, 0.25) is 0 Å². The minimum atomic E-state index is -0.335. The molecule has 0 radical (unpaired) electrons. The molecule has 2 atom stereocenters. The average Bonchev–Trinajstić information content (AvgIpc) is 3.58. The summed E-state index contributed by atoms with van der Waals surface area (Å²) in [6.45, 7) is 4.53. The third-order valence-corrected chi connectivity index (χ3v) is 7.88. The number of hydrogen-bond acceptors (Lipinski definition) is 3. The number of unbranched alkanes of at least 4 members (excludes halogenated alkanes) is 1. The lowest BCUT2D eigenvalue weighted by atomic mass is 9.80. The van der Waals surface area contributed by atoms with E-state index in [1.807, 2.05) is 6.07 Å². The highest BCUT2D eigenvalue weighted by Gasteiger charge is 2.35. The van der Waals surface area contributed by atoms with Crippen molar-refractivity contribution in [3.8, 4) is 5.82 Å². The summed E-state index contributed by atoms with van der Waals surface area (Å²) in [5.41, 5.74) is 2.03. The van der Waals surface area contributed by atoms with Crippen LogP contribution in [-0.2, 0) is 0 Å². The summed E-state index contributed by atoms with van der Waals surface area (Å²) in [5.74, 6) is 1.59. The largest absolute Gasteiger partial charge is 0.319 e. The van der Waals surface area contributed by atoms with Crippen molar-refractivity contribution in [3.05, 3.63) is 66.9 Å². The summed E-state index contributed by atoms with van der Waals surface area (Å²) in [6.07, 6.45) is 7.44. The van der Waals surface area contributed by atoms with E-state index >= 15 is 0 Å². The van der Waals surface area contributed by atoms with E-state index in [-0.39, 0.29) is 5.91 Å². The number of hydrogen-bond donors (Lipinski definition) is 1. The van der Waals surface area contributed by atoms with Gasteiger partial charge in [-0.1, -0.05) is 65.8 Å². The van der Waals surface area contributed by atoms with E-state index < -0.39 is 0 Å². The number of rotatable bonds is 9. The number of carbonyl (C=O) groups is 1. The van der Waals surface area contributed by atoms with Crippen LogP contribution in [0, 0.1) is 11.8 Å². The van der Waals surface area contributed by atoms with Crippen LogP contribution in [0.1, 0.15) is 67.9 Å². The molecule has 2 heterocycles. The number of benzene rings is 1. The molecule has 0 aliphatic heterocycles. The first-order valence-electron chi connectivity index (χ1n) is 11.5. The number of anilines is 1. The van der Waals surface area contributed by atoms with E-state index in [0.717, 1.165) is 35.2 Å². The maximum absolute atomic E-state index is 13.5. The van der Waals surface area contributed by atoms with Gasteiger partial charge in [-0.05, 0) is 82.8 Å². The Balaban J connectivity index is 1.73. The second kappa shape index (κ2) is 11.1. The lowest BCUT2D eigenvalue weighted by Gasteiger charge is -2.27. The van der Waals surface area contributed by atoms with E-state index in [1.54, 1.807) is 24.4 Å². The molecule has 180 valence electrons. The van der Waals surface area contributed by atoms with Crippen LogP contribution in [0.5, 0.6) is 0 Å². The van der Waals surface area contributed by atoms with Crippen molar-refractivity contribution in [3.63, 3.8) is 0 Å². The van der Waals surface area contributed by atoms with Gasteiger partial charge in [-0.3, -0.25) is 4.79 Å². The summed E-state index contributed by atoms with van der Waals surface area (Å²) in [4.78, 5) is 17.8. The van der Waals surface area contributed by atoms with Gasteiger partial charge in [0.15, 0.2) is 5.82 Å². The fourth-order valence-corrected chi connectivity index (χ4v) is 5.94. The predicted octanol–water partition coefficient (Wildman–Crippen LogP) is 8.67. The Kier molecular flexibility index (Phi) is 8.39. The van der Waals surface area contributed by atoms with Crippen molar-refractivity contribution in [2.45, 2.75) is 51.9 Å². The SMILES string of the molecule is CCCCC(c1cc(Br)cc(Cl)c1NC(=O)c1cc(Br)nn1-c1ncccc1Cl)C(C)C1CC1. The quantitative estimate of drug-likeness (QED) is 0.258. The Hall–Kier alpha value is -1.41. The molecule has 4 rings (SSSR count). The molecule has 9 heteroatoms. The highest BCUT2D eigenvalue weighted by molar-refractivity contribution is 9.10. The van der Waals surface area contributed by atoms with Crippen molar-refractivity contribution < 1.29 is 4.79 Å². The molecule has 34 heavy (non-hydrogen) atoms. The van der Waals surface area contributed by atoms with Crippen LogP contribution < -0.4 is 5.32 Å². The van der Waals surface area contributed by atoms with Crippen LogP contribution in [0.3, 0.4) is 0 Å². The molecule has 0 saturated heterocycles. The standard InChI is InChI=1S/C25H26Br2Cl2N4O/c1-3-4-6-17(14(2)15-8-9-15)18-11-16(26)12-20(29)23(18)31-25(34)21-13-22(27)32-33(21)24-19(28)7-5-10-30-24/h5,7,10-15,17H,3-4,6,8-9H2,1-2H3,(H,31,34). The number of amides is 1. The Bertz CT molecular complexity index is 1200. The van der Waals surface area contributed by atoms with Gasteiger partial charge in [0.05, 0.1) is 15.7 Å². The molecule has 0 spiro atoms. The van der Waals surface area contributed by atoms with Gasteiger partial charge in [-0.25, -0.2) is 9.67 Å². The highest BCUT2D eigenvalue weighted by Crippen LogP contribution is 2.48. The number of halogens is 4. The van der Waals surface area contributed by atoms with E-state index in [0.29, 0.717) is 43.7 Å². The Labute approximate surface area is 226 Å².